The second kappa shape index (κ2) is 18.2. The fraction of sp³-hybridized carbons (Fsp3) is 0.548. The average Bonchev–Trinajstić information content (AvgIpc) is 3.85. The third-order valence-corrected chi connectivity index (χ3v) is 11.5. The van der Waals surface area contributed by atoms with E-state index in [1.807, 2.05) is 80.5 Å². The number of anilines is 1. The van der Waals surface area contributed by atoms with Crippen molar-refractivity contribution in [2.75, 3.05) is 45.2 Å². The lowest BCUT2D eigenvalue weighted by molar-refractivity contribution is -0.158. The molecule has 2 aromatic rings. The number of rotatable bonds is 8. The SMILES string of the molecule is C[C@@H]1CC2C(=O)OC[C@H](NC(=O)[C@H](Cc3ccccc3)NC(=O)Cc3ccc(N(C)C)cc3)C(=O)N3CCC[C@H]3C(=O)N3CCCC[C@H]3C(=O)N[C@@H](C)C(=O)N2C1. The van der Waals surface area contributed by atoms with Crippen molar-refractivity contribution in [2.24, 2.45) is 5.92 Å². The fourth-order valence-electron chi connectivity index (χ4n) is 8.39. The monoisotopic (exact) mass is 785 g/mol. The number of hydrogen-bond acceptors (Lipinski definition) is 9. The standard InChI is InChI=1S/C42H55N7O8/c1-26-21-35-42(56)57-25-32(45-37(51)31(22-28-11-6-5-7-12-28)44-36(50)23-29-15-17-30(18-16-29)46(3)4)40(54)48-20-10-14-34(48)41(55)47-19-9-8-13-33(47)38(52)43-27(2)39(53)49(35)24-26/h5-7,11-12,15-18,26-27,31-35H,8-10,13-14,19-25H2,1-4H3,(H,43,52)(H,44,50)(H,45,51)/t26-,27+,31+,32+,33+,34+,35?/m1/s1. The summed E-state index contributed by atoms with van der Waals surface area (Å²) in [7, 11) is 3.84. The molecule has 4 heterocycles. The predicted molar refractivity (Wildman–Crippen MR) is 210 cm³/mol. The Morgan fingerprint density at radius 2 is 1.49 bits per heavy atom. The first-order valence-corrected chi connectivity index (χ1v) is 20.1. The molecule has 4 fully saturated rings. The van der Waals surface area contributed by atoms with Crippen molar-refractivity contribution in [1.82, 2.24) is 30.7 Å². The van der Waals surface area contributed by atoms with Gasteiger partial charge in [-0.25, -0.2) is 4.79 Å². The highest BCUT2D eigenvalue weighted by molar-refractivity contribution is 5.98. The zero-order valence-corrected chi connectivity index (χ0v) is 33.3. The van der Waals surface area contributed by atoms with Crippen LogP contribution < -0.4 is 20.9 Å². The first-order valence-electron chi connectivity index (χ1n) is 20.1. The summed E-state index contributed by atoms with van der Waals surface area (Å²) in [6.07, 6.45) is 3.10. The molecule has 0 bridgehead atoms. The predicted octanol–water partition coefficient (Wildman–Crippen LogP) is 1.18. The molecule has 15 heteroatoms. The zero-order valence-electron chi connectivity index (χ0n) is 33.3. The summed E-state index contributed by atoms with van der Waals surface area (Å²) in [5.41, 5.74) is 2.49. The van der Waals surface area contributed by atoms with Gasteiger partial charge in [-0.05, 0) is 74.6 Å². The molecular weight excluding hydrogens is 731 g/mol. The molecule has 15 nitrogen and oxygen atoms in total. The Kier molecular flexibility index (Phi) is 13.1. The summed E-state index contributed by atoms with van der Waals surface area (Å²) in [5.74, 6) is -3.77. The quantitative estimate of drug-likeness (QED) is 0.332. The Hall–Kier alpha value is -5.47. The molecule has 3 N–H and O–H groups in total. The van der Waals surface area contributed by atoms with E-state index < -0.39 is 78.4 Å². The van der Waals surface area contributed by atoms with Crippen LogP contribution in [0.3, 0.4) is 0 Å². The number of nitrogens with zero attached hydrogens (tertiary/aromatic N) is 4. The number of benzene rings is 2. The van der Waals surface area contributed by atoms with Gasteiger partial charge in [0.25, 0.3) is 0 Å². The number of piperidine rings is 1. The number of ether oxygens (including phenoxy) is 1. The molecule has 4 aliphatic heterocycles. The second-order valence-corrected chi connectivity index (χ2v) is 16.0. The molecule has 4 saturated heterocycles. The molecule has 0 aliphatic carbocycles. The molecule has 4 aliphatic rings. The van der Waals surface area contributed by atoms with Crippen LogP contribution in [0.15, 0.2) is 54.6 Å². The molecule has 0 saturated carbocycles. The average molecular weight is 786 g/mol. The van der Waals surface area contributed by atoms with Gasteiger partial charge in [0.05, 0.1) is 6.42 Å². The molecule has 1 unspecified atom stereocenters. The Morgan fingerprint density at radius 3 is 2.21 bits per heavy atom. The van der Waals surface area contributed by atoms with Crippen LogP contribution in [0, 0.1) is 5.92 Å². The number of nitrogens with one attached hydrogen (secondary N) is 3. The maximum Gasteiger partial charge on any atom is 0.328 e. The van der Waals surface area contributed by atoms with Crippen LogP contribution in [0.25, 0.3) is 0 Å². The molecule has 6 amide bonds. The first kappa shape index (κ1) is 41.2. The number of esters is 1. The van der Waals surface area contributed by atoms with Crippen molar-refractivity contribution in [1.29, 1.82) is 0 Å². The van der Waals surface area contributed by atoms with E-state index in [1.165, 1.54) is 14.7 Å². The highest BCUT2D eigenvalue weighted by atomic mass is 16.5. The Balaban J connectivity index is 1.28. The van der Waals surface area contributed by atoms with Crippen LogP contribution in [0.2, 0.25) is 0 Å². The van der Waals surface area contributed by atoms with Gasteiger partial charge < -0.3 is 40.3 Å². The summed E-state index contributed by atoms with van der Waals surface area (Å²) < 4.78 is 5.77. The van der Waals surface area contributed by atoms with Crippen LogP contribution in [-0.2, 0) is 51.1 Å². The molecule has 7 atom stereocenters. The van der Waals surface area contributed by atoms with Gasteiger partial charge in [-0.2, -0.15) is 0 Å². The lowest BCUT2D eigenvalue weighted by atomic mass is 9.99. The van der Waals surface area contributed by atoms with Crippen molar-refractivity contribution in [2.45, 2.75) is 101 Å². The number of amides is 6. The van der Waals surface area contributed by atoms with Crippen molar-refractivity contribution in [3.05, 3.63) is 65.7 Å². The van der Waals surface area contributed by atoms with E-state index in [0.29, 0.717) is 45.1 Å². The van der Waals surface area contributed by atoms with Gasteiger partial charge in [-0.15, -0.1) is 0 Å². The third-order valence-electron chi connectivity index (χ3n) is 11.5. The van der Waals surface area contributed by atoms with Crippen LogP contribution in [0.1, 0.15) is 63.5 Å². The van der Waals surface area contributed by atoms with E-state index in [-0.39, 0.29) is 37.8 Å². The van der Waals surface area contributed by atoms with Crippen molar-refractivity contribution in [3.8, 4) is 0 Å². The maximum atomic E-state index is 14.5. The van der Waals surface area contributed by atoms with Gasteiger partial charge in [-0.1, -0.05) is 49.4 Å². The molecule has 2 aromatic carbocycles. The summed E-state index contributed by atoms with van der Waals surface area (Å²) in [5, 5.41) is 8.43. The van der Waals surface area contributed by atoms with Crippen LogP contribution >= 0.6 is 0 Å². The van der Waals surface area contributed by atoms with E-state index in [2.05, 4.69) is 16.0 Å². The topological polar surface area (TPSA) is 178 Å². The van der Waals surface area contributed by atoms with Crippen LogP contribution in [0.5, 0.6) is 0 Å². The smallest absolute Gasteiger partial charge is 0.328 e. The van der Waals surface area contributed by atoms with E-state index in [1.54, 1.807) is 6.92 Å². The van der Waals surface area contributed by atoms with Crippen molar-refractivity contribution < 1.29 is 38.3 Å². The van der Waals surface area contributed by atoms with E-state index >= 15 is 0 Å². The minimum Gasteiger partial charge on any atom is -0.461 e. The lowest BCUT2D eigenvalue weighted by Gasteiger charge is -2.39. The molecule has 0 spiro atoms. The van der Waals surface area contributed by atoms with Gasteiger partial charge in [0, 0.05) is 45.8 Å². The molecule has 57 heavy (non-hydrogen) atoms. The minimum atomic E-state index is -1.42. The van der Waals surface area contributed by atoms with Gasteiger partial charge in [0.1, 0.15) is 42.9 Å². The Bertz CT molecular complexity index is 1820. The van der Waals surface area contributed by atoms with Gasteiger partial charge in [0.15, 0.2) is 0 Å². The highest BCUT2D eigenvalue weighted by Gasteiger charge is 2.46. The largest absolute Gasteiger partial charge is 0.461 e. The van der Waals surface area contributed by atoms with E-state index in [9.17, 15) is 33.6 Å². The van der Waals surface area contributed by atoms with E-state index in [4.69, 9.17) is 4.74 Å². The van der Waals surface area contributed by atoms with Gasteiger partial charge in [-0.3, -0.25) is 28.8 Å². The molecule has 0 aromatic heterocycles. The van der Waals surface area contributed by atoms with Gasteiger partial charge in [0.2, 0.25) is 35.4 Å². The molecule has 0 radical (unpaired) electrons. The second-order valence-electron chi connectivity index (χ2n) is 16.0. The van der Waals surface area contributed by atoms with Crippen molar-refractivity contribution >= 4 is 47.1 Å². The van der Waals surface area contributed by atoms with Crippen LogP contribution in [0.4, 0.5) is 5.69 Å². The molecular formula is C42H55N7O8. The summed E-state index contributed by atoms with van der Waals surface area (Å²) in [6.45, 7) is 3.72. The Morgan fingerprint density at radius 1 is 0.807 bits per heavy atom. The first-order chi connectivity index (χ1) is 27.3. The number of hydrogen-bond donors (Lipinski definition) is 3. The molecule has 306 valence electrons. The van der Waals surface area contributed by atoms with Crippen molar-refractivity contribution in [3.63, 3.8) is 0 Å². The van der Waals surface area contributed by atoms with E-state index in [0.717, 1.165) is 16.8 Å². The zero-order chi connectivity index (χ0) is 40.8. The third kappa shape index (κ3) is 9.74. The summed E-state index contributed by atoms with van der Waals surface area (Å²) in [6, 6.07) is 10.5. The molecule has 6 rings (SSSR count). The number of carbonyl (C=O) groups excluding carboxylic acids is 7. The fourth-order valence-corrected chi connectivity index (χ4v) is 8.39. The number of cyclic esters (lactones) is 1. The minimum absolute atomic E-state index is 0.00693. The highest BCUT2D eigenvalue weighted by Crippen LogP contribution is 2.28. The summed E-state index contributed by atoms with van der Waals surface area (Å²) in [4.78, 5) is 104. The normalized spacial score (nSPS) is 26.5. The number of carbonyl (C=O) groups is 7. The number of fused-ring (bicyclic) bond motifs is 3. The van der Waals surface area contributed by atoms with Gasteiger partial charge >= 0.3 is 5.97 Å². The summed E-state index contributed by atoms with van der Waals surface area (Å²) >= 11 is 0. The lowest BCUT2D eigenvalue weighted by Crippen LogP contribution is -2.62. The maximum absolute atomic E-state index is 14.5. The van der Waals surface area contributed by atoms with Crippen LogP contribution in [-0.4, -0.2) is 133 Å². The Labute approximate surface area is 333 Å².